The number of likely N-dealkylation sites (tertiary alicyclic amines) is 2. The first kappa shape index (κ1) is 17.0. The number of ether oxygens (including phenoxy) is 1. The second kappa shape index (κ2) is 7.84. The molecule has 0 atom stereocenters. The van der Waals surface area contributed by atoms with Crippen LogP contribution in [0.5, 0.6) is 0 Å². The van der Waals surface area contributed by atoms with E-state index in [0.717, 1.165) is 57.6 Å². The van der Waals surface area contributed by atoms with Crippen molar-refractivity contribution in [3.63, 3.8) is 0 Å². The Bertz CT molecular complexity index is 392. The average molecular weight is 322 g/mol. The van der Waals surface area contributed by atoms with Gasteiger partial charge in [0.05, 0.1) is 0 Å². The second-order valence-corrected chi connectivity index (χ2v) is 7.60. The van der Waals surface area contributed by atoms with Gasteiger partial charge in [-0.3, -0.25) is 9.89 Å². The molecule has 0 saturated carbocycles. The van der Waals surface area contributed by atoms with E-state index in [9.17, 15) is 0 Å². The van der Waals surface area contributed by atoms with Crippen molar-refractivity contribution >= 4 is 5.96 Å². The normalized spacial score (nSPS) is 27.4. The van der Waals surface area contributed by atoms with Gasteiger partial charge in [0, 0.05) is 45.4 Å². The summed E-state index contributed by atoms with van der Waals surface area (Å²) in [5.41, 5.74) is 0.272. The molecule has 3 fully saturated rings. The summed E-state index contributed by atoms with van der Waals surface area (Å²) in [6.07, 6.45) is 7.56. The van der Waals surface area contributed by atoms with Crippen molar-refractivity contribution in [3.8, 4) is 0 Å². The molecule has 3 rings (SSSR count). The number of hydrogen-bond donors (Lipinski definition) is 1. The minimum atomic E-state index is 0.272. The first-order chi connectivity index (χ1) is 11.2. The van der Waals surface area contributed by atoms with Crippen molar-refractivity contribution < 1.29 is 4.74 Å². The maximum Gasteiger partial charge on any atom is 0.193 e. The van der Waals surface area contributed by atoms with Crippen molar-refractivity contribution in [2.24, 2.45) is 10.9 Å². The van der Waals surface area contributed by atoms with Crippen LogP contribution in [-0.2, 0) is 4.74 Å². The highest BCUT2D eigenvalue weighted by atomic mass is 16.5. The van der Waals surface area contributed by atoms with Crippen LogP contribution in [0.15, 0.2) is 4.99 Å². The Morgan fingerprint density at radius 1 is 1.13 bits per heavy atom. The number of hydrogen-bond acceptors (Lipinski definition) is 3. The zero-order valence-electron chi connectivity index (χ0n) is 15.0. The van der Waals surface area contributed by atoms with E-state index in [1.807, 2.05) is 7.05 Å². The van der Waals surface area contributed by atoms with Gasteiger partial charge in [0.15, 0.2) is 5.96 Å². The molecule has 0 spiro atoms. The number of piperidine rings is 1. The van der Waals surface area contributed by atoms with E-state index < -0.39 is 0 Å². The Balaban J connectivity index is 1.60. The molecule has 3 aliphatic rings. The minimum absolute atomic E-state index is 0.272. The van der Waals surface area contributed by atoms with Crippen LogP contribution in [0.25, 0.3) is 0 Å². The van der Waals surface area contributed by atoms with Crippen LogP contribution < -0.4 is 5.32 Å². The quantitative estimate of drug-likeness (QED) is 0.637. The standard InChI is InChI=1S/C18H34N4O/c1-16-5-11-21(12-6-16)17(19-2)20-15-18(7-13-23-14-8-18)22-9-3-4-10-22/h16H,3-15H2,1-2H3,(H,19,20). The van der Waals surface area contributed by atoms with Crippen molar-refractivity contribution in [2.75, 3.05) is 53.0 Å². The molecule has 1 N–H and O–H groups in total. The monoisotopic (exact) mass is 322 g/mol. The van der Waals surface area contributed by atoms with E-state index in [1.54, 1.807) is 0 Å². The fourth-order valence-electron chi connectivity index (χ4n) is 4.34. The van der Waals surface area contributed by atoms with E-state index in [0.29, 0.717) is 0 Å². The summed E-state index contributed by atoms with van der Waals surface area (Å²) < 4.78 is 5.65. The van der Waals surface area contributed by atoms with E-state index in [2.05, 4.69) is 27.0 Å². The first-order valence-electron chi connectivity index (χ1n) is 9.52. The van der Waals surface area contributed by atoms with Gasteiger partial charge in [0.2, 0.25) is 0 Å². The molecular weight excluding hydrogens is 288 g/mol. The van der Waals surface area contributed by atoms with Crippen molar-refractivity contribution in [1.29, 1.82) is 0 Å². The van der Waals surface area contributed by atoms with Crippen LogP contribution >= 0.6 is 0 Å². The van der Waals surface area contributed by atoms with Gasteiger partial charge >= 0.3 is 0 Å². The van der Waals surface area contributed by atoms with Gasteiger partial charge in [-0.15, -0.1) is 0 Å². The molecule has 0 aromatic heterocycles. The summed E-state index contributed by atoms with van der Waals surface area (Å²) in [5, 5.41) is 3.72. The molecule has 0 unspecified atom stereocenters. The minimum Gasteiger partial charge on any atom is -0.381 e. The predicted molar refractivity (Wildman–Crippen MR) is 94.9 cm³/mol. The molecule has 0 amide bonds. The number of guanidine groups is 1. The summed E-state index contributed by atoms with van der Waals surface area (Å²) in [7, 11) is 1.92. The maximum atomic E-state index is 5.65. The van der Waals surface area contributed by atoms with Crippen molar-refractivity contribution in [3.05, 3.63) is 0 Å². The fraction of sp³-hybridized carbons (Fsp3) is 0.944. The van der Waals surface area contributed by atoms with Gasteiger partial charge in [-0.25, -0.2) is 0 Å². The third-order valence-corrected chi connectivity index (χ3v) is 6.07. The van der Waals surface area contributed by atoms with Crippen LogP contribution in [0.4, 0.5) is 0 Å². The second-order valence-electron chi connectivity index (χ2n) is 7.60. The maximum absolute atomic E-state index is 5.65. The number of rotatable bonds is 3. The lowest BCUT2D eigenvalue weighted by Gasteiger charge is -2.45. The van der Waals surface area contributed by atoms with Crippen LogP contribution in [0.1, 0.15) is 45.4 Å². The number of aliphatic imine (C=N–C) groups is 1. The summed E-state index contributed by atoms with van der Waals surface area (Å²) in [6.45, 7) is 9.95. The Hall–Kier alpha value is -0.810. The Morgan fingerprint density at radius 2 is 1.78 bits per heavy atom. The average Bonchev–Trinajstić information content (AvgIpc) is 3.13. The lowest BCUT2D eigenvalue weighted by molar-refractivity contribution is -0.0167. The first-order valence-corrected chi connectivity index (χ1v) is 9.52. The van der Waals surface area contributed by atoms with Gasteiger partial charge in [-0.1, -0.05) is 6.92 Å². The molecule has 3 saturated heterocycles. The highest BCUT2D eigenvalue weighted by Gasteiger charge is 2.39. The van der Waals surface area contributed by atoms with Crippen LogP contribution in [0.2, 0.25) is 0 Å². The fourth-order valence-corrected chi connectivity index (χ4v) is 4.34. The topological polar surface area (TPSA) is 40.1 Å². The summed E-state index contributed by atoms with van der Waals surface area (Å²) in [6, 6.07) is 0. The Labute approximate surface area is 141 Å². The summed E-state index contributed by atoms with van der Waals surface area (Å²) in [5.74, 6) is 1.96. The van der Waals surface area contributed by atoms with Gasteiger partial charge in [0.25, 0.3) is 0 Å². The lowest BCUT2D eigenvalue weighted by Crippen LogP contribution is -2.59. The van der Waals surface area contributed by atoms with Crippen molar-refractivity contribution in [2.45, 2.75) is 51.0 Å². The highest BCUT2D eigenvalue weighted by molar-refractivity contribution is 5.80. The molecular formula is C18H34N4O. The predicted octanol–water partition coefficient (Wildman–Crippen LogP) is 1.94. The van der Waals surface area contributed by atoms with E-state index in [-0.39, 0.29) is 5.54 Å². The summed E-state index contributed by atoms with van der Waals surface area (Å²) in [4.78, 5) is 9.72. The molecule has 3 aliphatic heterocycles. The molecule has 132 valence electrons. The van der Waals surface area contributed by atoms with Gasteiger partial charge in [0.1, 0.15) is 0 Å². The molecule has 3 heterocycles. The lowest BCUT2D eigenvalue weighted by atomic mass is 9.88. The van der Waals surface area contributed by atoms with Gasteiger partial charge < -0.3 is 15.0 Å². The molecule has 23 heavy (non-hydrogen) atoms. The van der Waals surface area contributed by atoms with Gasteiger partial charge in [-0.2, -0.15) is 0 Å². The summed E-state index contributed by atoms with van der Waals surface area (Å²) >= 11 is 0. The molecule has 0 radical (unpaired) electrons. The SMILES string of the molecule is CN=C(NCC1(N2CCCC2)CCOCC1)N1CCC(C)CC1. The molecule has 0 aromatic carbocycles. The molecule has 5 nitrogen and oxygen atoms in total. The zero-order chi connectivity index (χ0) is 16.1. The van der Waals surface area contributed by atoms with Crippen molar-refractivity contribution in [1.82, 2.24) is 15.1 Å². The van der Waals surface area contributed by atoms with E-state index in [1.165, 1.54) is 38.8 Å². The third kappa shape index (κ3) is 4.00. The smallest absolute Gasteiger partial charge is 0.193 e. The van der Waals surface area contributed by atoms with E-state index in [4.69, 9.17) is 4.74 Å². The van der Waals surface area contributed by atoms with E-state index >= 15 is 0 Å². The zero-order valence-corrected chi connectivity index (χ0v) is 15.0. The molecule has 0 aliphatic carbocycles. The number of nitrogens with zero attached hydrogens (tertiary/aromatic N) is 3. The largest absolute Gasteiger partial charge is 0.381 e. The Kier molecular flexibility index (Phi) is 5.81. The third-order valence-electron chi connectivity index (χ3n) is 6.07. The molecule has 0 aromatic rings. The van der Waals surface area contributed by atoms with Gasteiger partial charge in [-0.05, 0) is 57.5 Å². The van der Waals surface area contributed by atoms with Crippen LogP contribution in [0, 0.1) is 5.92 Å². The van der Waals surface area contributed by atoms with Crippen LogP contribution in [0.3, 0.4) is 0 Å². The molecule has 5 heteroatoms. The highest BCUT2D eigenvalue weighted by Crippen LogP contribution is 2.30. The van der Waals surface area contributed by atoms with Crippen LogP contribution in [-0.4, -0.2) is 74.3 Å². The Morgan fingerprint density at radius 3 is 2.39 bits per heavy atom. The molecule has 0 bridgehead atoms. The number of nitrogens with one attached hydrogen (secondary N) is 1.